The summed E-state index contributed by atoms with van der Waals surface area (Å²) in [7, 11) is 2.22. The van der Waals surface area contributed by atoms with E-state index in [1.807, 2.05) is 31.2 Å². The second-order valence-corrected chi connectivity index (χ2v) is 6.06. The van der Waals surface area contributed by atoms with E-state index >= 15 is 0 Å². The molecule has 102 valence electrons. The number of nitrogens with one attached hydrogen (secondary N) is 1. The summed E-state index contributed by atoms with van der Waals surface area (Å²) in [6, 6.07) is 9.50. The number of amides is 1. The molecule has 1 amide bonds. The molecule has 0 radical (unpaired) electrons. The standard InChI is InChI=1S/C16H22N2O/c1-11-4-3-5-12(8-11)16(19)17-13-9-14-6-7-15(10-13)18(14)2/h3-5,8,13-15H,6-7,9-10H2,1-2H3,(H,17,19)/t14-,15-/m1/s1. The molecule has 2 aliphatic rings. The molecular weight excluding hydrogens is 236 g/mol. The molecule has 2 bridgehead atoms. The first-order chi connectivity index (χ1) is 9.13. The zero-order chi connectivity index (χ0) is 13.4. The van der Waals surface area contributed by atoms with Crippen molar-refractivity contribution < 1.29 is 4.79 Å². The van der Waals surface area contributed by atoms with E-state index < -0.39 is 0 Å². The number of carbonyl (C=O) groups is 1. The average Bonchev–Trinajstić information content (AvgIpc) is 2.62. The Morgan fingerprint density at radius 1 is 1.26 bits per heavy atom. The Morgan fingerprint density at radius 2 is 1.95 bits per heavy atom. The van der Waals surface area contributed by atoms with Gasteiger partial charge < -0.3 is 10.2 Å². The molecule has 0 unspecified atom stereocenters. The van der Waals surface area contributed by atoms with E-state index in [0.29, 0.717) is 18.1 Å². The third kappa shape index (κ3) is 2.52. The molecule has 1 aromatic rings. The van der Waals surface area contributed by atoms with Crippen LogP contribution in [0.3, 0.4) is 0 Å². The van der Waals surface area contributed by atoms with Crippen LogP contribution in [0, 0.1) is 6.92 Å². The third-order valence-electron chi connectivity index (χ3n) is 4.71. The minimum atomic E-state index is 0.0812. The quantitative estimate of drug-likeness (QED) is 0.883. The maximum absolute atomic E-state index is 12.3. The van der Waals surface area contributed by atoms with Gasteiger partial charge in [-0.1, -0.05) is 17.7 Å². The fourth-order valence-electron chi connectivity index (χ4n) is 3.58. The second-order valence-electron chi connectivity index (χ2n) is 6.06. The monoisotopic (exact) mass is 258 g/mol. The van der Waals surface area contributed by atoms with Crippen LogP contribution in [-0.2, 0) is 0 Å². The predicted octanol–water partition coefficient (Wildman–Crippen LogP) is 2.35. The normalized spacial score (nSPS) is 30.3. The topological polar surface area (TPSA) is 32.3 Å². The Morgan fingerprint density at radius 3 is 2.58 bits per heavy atom. The highest BCUT2D eigenvalue weighted by molar-refractivity contribution is 5.94. The summed E-state index contributed by atoms with van der Waals surface area (Å²) in [5.41, 5.74) is 1.92. The van der Waals surface area contributed by atoms with Gasteiger partial charge in [-0.2, -0.15) is 0 Å². The van der Waals surface area contributed by atoms with Crippen molar-refractivity contribution >= 4 is 5.91 Å². The van der Waals surface area contributed by atoms with Crippen LogP contribution in [0.4, 0.5) is 0 Å². The highest BCUT2D eigenvalue weighted by Gasteiger charge is 2.38. The number of fused-ring (bicyclic) bond motifs is 2. The van der Waals surface area contributed by atoms with Gasteiger partial charge in [0.25, 0.3) is 5.91 Å². The second kappa shape index (κ2) is 4.97. The van der Waals surface area contributed by atoms with Gasteiger partial charge in [0.2, 0.25) is 0 Å². The summed E-state index contributed by atoms with van der Waals surface area (Å²) in [5.74, 6) is 0.0812. The van der Waals surface area contributed by atoms with Crippen molar-refractivity contribution in [2.24, 2.45) is 0 Å². The van der Waals surface area contributed by atoms with Gasteiger partial charge >= 0.3 is 0 Å². The highest BCUT2D eigenvalue weighted by atomic mass is 16.1. The zero-order valence-corrected chi connectivity index (χ0v) is 11.7. The Balaban J connectivity index is 1.65. The third-order valence-corrected chi connectivity index (χ3v) is 4.71. The van der Waals surface area contributed by atoms with E-state index in [1.165, 1.54) is 12.8 Å². The summed E-state index contributed by atoms with van der Waals surface area (Å²) in [5, 5.41) is 3.22. The number of benzene rings is 1. The smallest absolute Gasteiger partial charge is 0.251 e. The lowest BCUT2D eigenvalue weighted by atomic mass is 9.97. The number of nitrogens with zero attached hydrogens (tertiary/aromatic N) is 1. The fraction of sp³-hybridized carbons (Fsp3) is 0.562. The minimum Gasteiger partial charge on any atom is -0.349 e. The van der Waals surface area contributed by atoms with Crippen LogP contribution in [0.2, 0.25) is 0 Å². The summed E-state index contributed by atoms with van der Waals surface area (Å²) in [6.07, 6.45) is 4.78. The SMILES string of the molecule is Cc1cccc(C(=O)NC2C[C@H]3CC[C@H](C2)N3C)c1. The number of piperidine rings is 1. The summed E-state index contributed by atoms with van der Waals surface area (Å²) < 4.78 is 0. The lowest BCUT2D eigenvalue weighted by molar-refractivity contribution is 0.0882. The molecule has 2 atom stereocenters. The number of carbonyl (C=O) groups excluding carboxylic acids is 1. The number of hydrogen-bond donors (Lipinski definition) is 1. The van der Waals surface area contributed by atoms with Gasteiger partial charge in [0.05, 0.1) is 0 Å². The van der Waals surface area contributed by atoms with Crippen molar-refractivity contribution in [2.45, 2.75) is 50.7 Å². The molecule has 2 aliphatic heterocycles. The van der Waals surface area contributed by atoms with E-state index in [-0.39, 0.29) is 5.91 Å². The molecule has 0 saturated carbocycles. The molecule has 19 heavy (non-hydrogen) atoms. The first-order valence-electron chi connectivity index (χ1n) is 7.23. The Labute approximate surface area is 115 Å². The van der Waals surface area contributed by atoms with E-state index in [2.05, 4.69) is 17.3 Å². The molecule has 0 spiro atoms. The lowest BCUT2D eigenvalue weighted by Crippen LogP contribution is -2.48. The predicted molar refractivity (Wildman–Crippen MR) is 76.2 cm³/mol. The van der Waals surface area contributed by atoms with Gasteiger partial charge in [-0.05, 0) is 51.8 Å². The minimum absolute atomic E-state index is 0.0812. The van der Waals surface area contributed by atoms with Gasteiger partial charge in [-0.15, -0.1) is 0 Å². The Kier molecular flexibility index (Phi) is 3.31. The molecule has 3 rings (SSSR count). The van der Waals surface area contributed by atoms with Crippen molar-refractivity contribution in [1.29, 1.82) is 0 Å². The van der Waals surface area contributed by atoms with E-state index in [1.54, 1.807) is 0 Å². The van der Waals surface area contributed by atoms with E-state index in [4.69, 9.17) is 0 Å². The van der Waals surface area contributed by atoms with Crippen molar-refractivity contribution in [2.75, 3.05) is 7.05 Å². The van der Waals surface area contributed by atoms with Gasteiger partial charge in [-0.25, -0.2) is 0 Å². The molecule has 1 N–H and O–H groups in total. The van der Waals surface area contributed by atoms with Crippen LogP contribution >= 0.6 is 0 Å². The first-order valence-corrected chi connectivity index (χ1v) is 7.23. The summed E-state index contributed by atoms with van der Waals surface area (Å²) in [4.78, 5) is 14.8. The molecule has 0 aromatic heterocycles. The lowest BCUT2D eigenvalue weighted by Gasteiger charge is -2.36. The molecule has 3 heteroatoms. The zero-order valence-electron chi connectivity index (χ0n) is 11.7. The van der Waals surface area contributed by atoms with Crippen molar-refractivity contribution in [3.63, 3.8) is 0 Å². The molecule has 3 nitrogen and oxygen atoms in total. The van der Waals surface area contributed by atoms with E-state index in [9.17, 15) is 4.79 Å². The molecule has 2 saturated heterocycles. The summed E-state index contributed by atoms with van der Waals surface area (Å²) in [6.45, 7) is 2.02. The van der Waals surface area contributed by atoms with Crippen molar-refractivity contribution in [3.05, 3.63) is 35.4 Å². The number of rotatable bonds is 2. The number of aryl methyl sites for hydroxylation is 1. The maximum atomic E-state index is 12.3. The van der Waals surface area contributed by atoms with Crippen LogP contribution < -0.4 is 5.32 Å². The average molecular weight is 258 g/mol. The fourth-order valence-corrected chi connectivity index (χ4v) is 3.58. The molecular formula is C16H22N2O. The largest absolute Gasteiger partial charge is 0.349 e. The Hall–Kier alpha value is -1.35. The first kappa shape index (κ1) is 12.7. The van der Waals surface area contributed by atoms with Gasteiger partial charge in [-0.3, -0.25) is 4.79 Å². The van der Waals surface area contributed by atoms with Gasteiger partial charge in [0.1, 0.15) is 0 Å². The van der Waals surface area contributed by atoms with Crippen LogP contribution in [0.15, 0.2) is 24.3 Å². The van der Waals surface area contributed by atoms with Crippen LogP contribution in [0.25, 0.3) is 0 Å². The van der Waals surface area contributed by atoms with Crippen molar-refractivity contribution in [3.8, 4) is 0 Å². The summed E-state index contributed by atoms with van der Waals surface area (Å²) >= 11 is 0. The molecule has 2 fully saturated rings. The highest BCUT2D eigenvalue weighted by Crippen LogP contribution is 2.34. The number of hydrogen-bond acceptors (Lipinski definition) is 2. The molecule has 1 aromatic carbocycles. The van der Waals surface area contributed by atoms with Crippen LogP contribution in [0.5, 0.6) is 0 Å². The van der Waals surface area contributed by atoms with Gasteiger partial charge in [0, 0.05) is 23.7 Å². The van der Waals surface area contributed by atoms with Crippen LogP contribution in [0.1, 0.15) is 41.6 Å². The van der Waals surface area contributed by atoms with Gasteiger partial charge in [0.15, 0.2) is 0 Å². The maximum Gasteiger partial charge on any atom is 0.251 e. The van der Waals surface area contributed by atoms with E-state index in [0.717, 1.165) is 24.0 Å². The Bertz CT molecular complexity index is 471. The molecule has 2 heterocycles. The molecule has 0 aliphatic carbocycles. The van der Waals surface area contributed by atoms with Crippen LogP contribution in [-0.4, -0.2) is 36.0 Å². The van der Waals surface area contributed by atoms with Crippen molar-refractivity contribution in [1.82, 2.24) is 10.2 Å².